The summed E-state index contributed by atoms with van der Waals surface area (Å²) in [5.74, 6) is -0.267. The molecule has 25 heavy (non-hydrogen) atoms. The fourth-order valence-electron chi connectivity index (χ4n) is 2.84. The molecule has 0 atom stereocenters. The van der Waals surface area contributed by atoms with Crippen molar-refractivity contribution in [3.05, 3.63) is 22.7 Å². The Bertz CT molecular complexity index is 722. The number of carboxylic acid groups (broad SMARTS) is 1. The van der Waals surface area contributed by atoms with Crippen LogP contribution in [0.2, 0.25) is 0 Å². The van der Waals surface area contributed by atoms with E-state index in [1.54, 1.807) is 11.3 Å². The van der Waals surface area contributed by atoms with E-state index in [9.17, 15) is 9.59 Å². The Hall–Kier alpha value is -2.26. The number of carbonyl (C=O) groups excluding carboxylic acids is 1. The van der Waals surface area contributed by atoms with Gasteiger partial charge in [-0.15, -0.1) is 0 Å². The van der Waals surface area contributed by atoms with Crippen LogP contribution in [-0.2, 0) is 20.7 Å². The van der Waals surface area contributed by atoms with E-state index in [0.717, 1.165) is 5.56 Å². The predicted octanol–water partition coefficient (Wildman–Crippen LogP) is 1.87. The highest BCUT2D eigenvalue weighted by Crippen LogP contribution is 2.25. The lowest BCUT2D eigenvalue weighted by Crippen LogP contribution is -2.53. The topological polar surface area (TPSA) is 115 Å². The number of hydrogen-bond donors (Lipinski definition) is 2. The molecule has 2 N–H and O–H groups in total. The van der Waals surface area contributed by atoms with Crippen molar-refractivity contribution in [2.45, 2.75) is 37.6 Å². The number of thiophene rings is 1. The lowest BCUT2D eigenvalue weighted by Gasteiger charge is -2.36. The van der Waals surface area contributed by atoms with Crippen LogP contribution in [-0.4, -0.2) is 45.9 Å². The molecule has 2 aromatic rings. The number of aromatic nitrogens is 2. The van der Waals surface area contributed by atoms with Crippen molar-refractivity contribution in [1.82, 2.24) is 15.5 Å². The first-order valence-corrected chi connectivity index (χ1v) is 8.96. The van der Waals surface area contributed by atoms with Gasteiger partial charge in [0.2, 0.25) is 17.6 Å². The molecule has 1 amide bonds. The fraction of sp³-hybridized carbons (Fsp3) is 0.500. The maximum atomic E-state index is 12.3. The smallest absolute Gasteiger partial charge is 0.305 e. The number of hydrogen-bond acceptors (Lipinski definition) is 7. The number of aliphatic carboxylic acids is 1. The summed E-state index contributed by atoms with van der Waals surface area (Å²) in [6, 6.07) is 1.90. The highest BCUT2D eigenvalue weighted by molar-refractivity contribution is 7.08. The Labute approximate surface area is 148 Å². The predicted molar refractivity (Wildman–Crippen MR) is 89.1 cm³/mol. The second-order valence-electron chi connectivity index (χ2n) is 6.04. The molecule has 134 valence electrons. The molecule has 1 fully saturated rings. The lowest BCUT2D eigenvalue weighted by atomic mass is 9.86. The molecular formula is C16H19N3O5S. The van der Waals surface area contributed by atoms with E-state index < -0.39 is 11.5 Å². The van der Waals surface area contributed by atoms with E-state index in [1.807, 2.05) is 16.8 Å². The molecule has 2 aromatic heterocycles. The molecule has 3 rings (SSSR count). The minimum atomic E-state index is -0.931. The van der Waals surface area contributed by atoms with Crippen LogP contribution in [0.5, 0.6) is 0 Å². The number of carboxylic acids is 1. The molecule has 0 aliphatic carbocycles. The Morgan fingerprint density at radius 1 is 1.36 bits per heavy atom. The molecule has 0 unspecified atom stereocenters. The minimum Gasteiger partial charge on any atom is -0.481 e. The third-order valence-corrected chi connectivity index (χ3v) is 4.84. The van der Waals surface area contributed by atoms with E-state index in [-0.39, 0.29) is 18.7 Å². The molecule has 1 aliphatic rings. The largest absolute Gasteiger partial charge is 0.481 e. The number of rotatable bonds is 7. The zero-order valence-corrected chi connectivity index (χ0v) is 14.4. The Morgan fingerprint density at radius 3 is 2.84 bits per heavy atom. The first-order chi connectivity index (χ1) is 12.1. The quantitative estimate of drug-likeness (QED) is 0.770. The number of aryl methyl sites for hydroxylation is 1. The highest BCUT2D eigenvalue weighted by Gasteiger charge is 2.36. The summed E-state index contributed by atoms with van der Waals surface area (Å²) in [6.07, 6.45) is 1.35. The number of ether oxygens (including phenoxy) is 1. The minimum absolute atomic E-state index is 0.106. The van der Waals surface area contributed by atoms with Gasteiger partial charge in [0.1, 0.15) is 0 Å². The summed E-state index contributed by atoms with van der Waals surface area (Å²) in [5, 5.41) is 19.7. The van der Waals surface area contributed by atoms with Crippen LogP contribution >= 0.6 is 11.3 Å². The average Bonchev–Trinajstić information content (AvgIpc) is 3.24. The van der Waals surface area contributed by atoms with E-state index in [0.29, 0.717) is 44.2 Å². The van der Waals surface area contributed by atoms with E-state index in [4.69, 9.17) is 14.4 Å². The zero-order chi connectivity index (χ0) is 17.7. The van der Waals surface area contributed by atoms with Gasteiger partial charge in [-0.25, -0.2) is 0 Å². The summed E-state index contributed by atoms with van der Waals surface area (Å²) in [6.45, 7) is 0.891. The first-order valence-electron chi connectivity index (χ1n) is 8.02. The van der Waals surface area contributed by atoms with E-state index >= 15 is 0 Å². The fourth-order valence-corrected chi connectivity index (χ4v) is 3.48. The summed E-state index contributed by atoms with van der Waals surface area (Å²) < 4.78 is 10.4. The van der Waals surface area contributed by atoms with Crippen molar-refractivity contribution in [3.8, 4) is 11.4 Å². The van der Waals surface area contributed by atoms with Gasteiger partial charge in [0, 0.05) is 37.0 Å². The molecule has 0 saturated carbocycles. The summed E-state index contributed by atoms with van der Waals surface area (Å²) >= 11 is 1.54. The van der Waals surface area contributed by atoms with Gasteiger partial charge in [-0.3, -0.25) is 9.59 Å². The number of amides is 1. The van der Waals surface area contributed by atoms with Gasteiger partial charge in [-0.2, -0.15) is 16.3 Å². The van der Waals surface area contributed by atoms with Crippen molar-refractivity contribution in [2.75, 3.05) is 13.2 Å². The molecule has 0 bridgehead atoms. The average molecular weight is 365 g/mol. The SMILES string of the molecule is O=C(O)CC1(NC(=O)CCc2nc(-c3ccsc3)no2)CCOCC1. The second kappa shape index (κ2) is 7.75. The number of nitrogens with zero attached hydrogens (tertiary/aromatic N) is 2. The van der Waals surface area contributed by atoms with E-state index in [1.165, 1.54) is 0 Å². The Kier molecular flexibility index (Phi) is 5.44. The number of nitrogens with one attached hydrogen (secondary N) is 1. The maximum absolute atomic E-state index is 12.3. The van der Waals surface area contributed by atoms with Gasteiger partial charge in [-0.1, -0.05) is 5.16 Å². The molecule has 1 aliphatic heterocycles. The van der Waals surface area contributed by atoms with Crippen LogP contribution in [0.25, 0.3) is 11.4 Å². The van der Waals surface area contributed by atoms with Crippen molar-refractivity contribution in [2.24, 2.45) is 0 Å². The molecule has 0 aromatic carbocycles. The first kappa shape index (κ1) is 17.6. The second-order valence-corrected chi connectivity index (χ2v) is 6.82. The van der Waals surface area contributed by atoms with Crippen LogP contribution < -0.4 is 5.32 Å². The van der Waals surface area contributed by atoms with Crippen molar-refractivity contribution in [1.29, 1.82) is 0 Å². The van der Waals surface area contributed by atoms with Crippen molar-refractivity contribution in [3.63, 3.8) is 0 Å². The summed E-state index contributed by atoms with van der Waals surface area (Å²) in [5.41, 5.74) is 0.143. The van der Waals surface area contributed by atoms with Crippen LogP contribution in [0.4, 0.5) is 0 Å². The molecule has 0 spiro atoms. The standard InChI is InChI=1S/C16H19N3O5S/c20-12(18-16(9-14(21)22)4-6-23-7-5-16)1-2-13-17-15(19-24-13)11-3-8-25-10-11/h3,8,10H,1-2,4-7,9H2,(H,18,20)(H,21,22). The van der Waals surface area contributed by atoms with Gasteiger partial charge in [0.25, 0.3) is 0 Å². The molecule has 0 radical (unpaired) electrons. The molecular weight excluding hydrogens is 346 g/mol. The van der Waals surface area contributed by atoms with Gasteiger partial charge >= 0.3 is 5.97 Å². The summed E-state index contributed by atoms with van der Waals surface area (Å²) in [4.78, 5) is 27.7. The van der Waals surface area contributed by atoms with Crippen molar-refractivity contribution < 1.29 is 24.0 Å². The Balaban J connectivity index is 1.55. The van der Waals surface area contributed by atoms with Crippen molar-refractivity contribution >= 4 is 23.2 Å². The molecule has 9 heteroatoms. The molecule has 8 nitrogen and oxygen atoms in total. The third-order valence-electron chi connectivity index (χ3n) is 4.16. The highest BCUT2D eigenvalue weighted by atomic mass is 32.1. The monoisotopic (exact) mass is 365 g/mol. The van der Waals surface area contributed by atoms with Crippen LogP contribution in [0.15, 0.2) is 21.3 Å². The Morgan fingerprint density at radius 2 is 2.16 bits per heavy atom. The molecule has 1 saturated heterocycles. The van der Waals surface area contributed by atoms with E-state index in [2.05, 4.69) is 15.5 Å². The van der Waals surface area contributed by atoms with Crippen LogP contribution in [0.1, 0.15) is 31.6 Å². The van der Waals surface area contributed by atoms with Gasteiger partial charge < -0.3 is 19.7 Å². The normalized spacial score (nSPS) is 16.5. The number of carbonyl (C=O) groups is 2. The van der Waals surface area contributed by atoms with Gasteiger partial charge in [0.15, 0.2) is 0 Å². The zero-order valence-electron chi connectivity index (χ0n) is 13.6. The molecule has 3 heterocycles. The van der Waals surface area contributed by atoms with Crippen LogP contribution in [0.3, 0.4) is 0 Å². The van der Waals surface area contributed by atoms with Gasteiger partial charge in [0.05, 0.1) is 12.0 Å². The maximum Gasteiger partial charge on any atom is 0.305 e. The lowest BCUT2D eigenvalue weighted by molar-refractivity contribution is -0.140. The van der Waals surface area contributed by atoms with Gasteiger partial charge in [-0.05, 0) is 24.3 Å². The third kappa shape index (κ3) is 4.64. The summed E-state index contributed by atoms with van der Waals surface area (Å²) in [7, 11) is 0. The van der Waals surface area contributed by atoms with Crippen LogP contribution in [0, 0.1) is 0 Å².